The molecule has 0 atom stereocenters. The first-order chi connectivity index (χ1) is 16.1. The van der Waals surface area contributed by atoms with Crippen molar-refractivity contribution < 1.29 is 18.3 Å². The average molecular weight is 454 g/mol. The molecule has 10 heteroatoms. The highest BCUT2D eigenvalue weighted by Crippen LogP contribution is 2.33. The molecule has 2 N–H and O–H groups in total. The fourth-order valence-electron chi connectivity index (χ4n) is 4.24. The van der Waals surface area contributed by atoms with Gasteiger partial charge < -0.3 is 19.8 Å². The van der Waals surface area contributed by atoms with Gasteiger partial charge in [0.1, 0.15) is 5.52 Å². The van der Waals surface area contributed by atoms with Crippen LogP contribution < -0.4 is 14.8 Å². The Labute approximate surface area is 189 Å². The zero-order chi connectivity index (χ0) is 22.9. The molecule has 0 unspecified atom stereocenters. The number of hydrogen-bond donors (Lipinski definition) is 2. The molecule has 0 spiro atoms. The van der Waals surface area contributed by atoms with Crippen LogP contribution in [0.1, 0.15) is 30.0 Å². The van der Waals surface area contributed by atoms with Gasteiger partial charge in [0.05, 0.1) is 38.3 Å². The van der Waals surface area contributed by atoms with Crippen LogP contribution in [0.15, 0.2) is 30.9 Å². The molecule has 1 aromatic carbocycles. The van der Waals surface area contributed by atoms with Crippen molar-refractivity contribution in [2.75, 3.05) is 27.3 Å². The van der Waals surface area contributed by atoms with Gasteiger partial charge in [-0.3, -0.25) is 4.68 Å². The van der Waals surface area contributed by atoms with Crippen molar-refractivity contribution in [3.05, 3.63) is 53.6 Å². The van der Waals surface area contributed by atoms with E-state index in [0.29, 0.717) is 28.5 Å². The monoisotopic (exact) mass is 454 g/mol. The minimum absolute atomic E-state index is 0.0440. The van der Waals surface area contributed by atoms with Crippen molar-refractivity contribution in [1.82, 2.24) is 30.0 Å². The minimum Gasteiger partial charge on any atom is -0.494 e. The molecule has 1 saturated heterocycles. The Bertz CT molecular complexity index is 1270. The number of hydrogen-bond acceptors (Lipinski definition) is 6. The Balaban J connectivity index is 1.50. The molecule has 5 rings (SSSR count). The van der Waals surface area contributed by atoms with Crippen LogP contribution >= 0.6 is 0 Å². The van der Waals surface area contributed by atoms with Gasteiger partial charge in [0.25, 0.3) is 0 Å². The summed E-state index contributed by atoms with van der Waals surface area (Å²) in [6, 6.07) is 1.55. The highest BCUT2D eigenvalue weighted by atomic mass is 19.1. The minimum atomic E-state index is -0.766. The van der Waals surface area contributed by atoms with Crippen molar-refractivity contribution in [3.63, 3.8) is 0 Å². The van der Waals surface area contributed by atoms with Crippen molar-refractivity contribution >= 4 is 11.2 Å². The number of H-pyrrole nitrogens is 1. The van der Waals surface area contributed by atoms with Crippen LogP contribution in [-0.4, -0.2) is 52.0 Å². The number of fused-ring (bicyclic) bond motifs is 1. The molecule has 1 aliphatic rings. The maximum atomic E-state index is 14.9. The van der Waals surface area contributed by atoms with E-state index in [2.05, 4.69) is 20.4 Å². The molecule has 33 heavy (non-hydrogen) atoms. The van der Waals surface area contributed by atoms with Gasteiger partial charge in [-0.1, -0.05) is 0 Å². The third kappa shape index (κ3) is 3.91. The number of nitrogens with one attached hydrogen (secondary N) is 2. The Morgan fingerprint density at radius 1 is 1.09 bits per heavy atom. The van der Waals surface area contributed by atoms with Gasteiger partial charge in [-0.15, -0.1) is 0 Å². The summed E-state index contributed by atoms with van der Waals surface area (Å²) >= 11 is 0. The summed E-state index contributed by atoms with van der Waals surface area (Å²) in [4.78, 5) is 12.2. The number of aromatic amines is 1. The Kier molecular flexibility index (Phi) is 5.67. The molecule has 8 nitrogen and oxygen atoms in total. The fourth-order valence-corrected chi connectivity index (χ4v) is 4.24. The summed E-state index contributed by atoms with van der Waals surface area (Å²) in [5.41, 5.74) is 3.03. The zero-order valence-corrected chi connectivity index (χ0v) is 18.4. The van der Waals surface area contributed by atoms with Gasteiger partial charge in [0, 0.05) is 41.6 Å². The third-order valence-electron chi connectivity index (χ3n) is 6.07. The number of benzene rings is 1. The van der Waals surface area contributed by atoms with Crippen LogP contribution in [0.5, 0.6) is 11.5 Å². The lowest BCUT2D eigenvalue weighted by atomic mass is 10.0. The molecule has 0 saturated carbocycles. The molecule has 0 radical (unpaired) electrons. The third-order valence-corrected chi connectivity index (χ3v) is 6.07. The first-order valence-electron chi connectivity index (χ1n) is 10.8. The second kappa shape index (κ2) is 8.78. The van der Waals surface area contributed by atoms with E-state index in [0.717, 1.165) is 31.5 Å². The Hall–Kier alpha value is -3.53. The summed E-state index contributed by atoms with van der Waals surface area (Å²) in [5.74, 6) is -1.70. The highest BCUT2D eigenvalue weighted by molar-refractivity contribution is 5.78. The molecule has 0 aliphatic carbocycles. The molecular weight excluding hydrogens is 430 g/mol. The molecular formula is C23H24F2N6O2. The first kappa shape index (κ1) is 21.3. The second-order valence-electron chi connectivity index (χ2n) is 8.02. The van der Waals surface area contributed by atoms with Gasteiger partial charge >= 0.3 is 0 Å². The standard InChI is InChI=1S/C23H24F2N6O2/c1-32-18-8-19(33-2)21(25)16(20(18)24)7-13-9-27-23-22(13)30-17(11-28-23)14-10-29-31(12-14)15-3-5-26-6-4-15/h8-12,15,26H,3-7H2,1-2H3,(H,27,28). The van der Waals surface area contributed by atoms with Crippen molar-refractivity contribution in [2.24, 2.45) is 0 Å². The topological polar surface area (TPSA) is 89.9 Å². The van der Waals surface area contributed by atoms with Crippen molar-refractivity contribution in [2.45, 2.75) is 25.3 Å². The van der Waals surface area contributed by atoms with Crippen LogP contribution in [-0.2, 0) is 6.42 Å². The zero-order valence-electron chi connectivity index (χ0n) is 18.4. The van der Waals surface area contributed by atoms with E-state index in [4.69, 9.17) is 14.5 Å². The fraction of sp³-hybridized carbons (Fsp3) is 0.348. The molecule has 1 aliphatic heterocycles. The Morgan fingerprint density at radius 2 is 1.82 bits per heavy atom. The van der Waals surface area contributed by atoms with Crippen LogP contribution in [0.2, 0.25) is 0 Å². The molecule has 0 bridgehead atoms. The summed E-state index contributed by atoms with van der Waals surface area (Å²) in [7, 11) is 2.65. The molecule has 4 aromatic rings. The average Bonchev–Trinajstić information content (AvgIpc) is 3.50. The summed E-state index contributed by atoms with van der Waals surface area (Å²) in [6.45, 7) is 1.95. The van der Waals surface area contributed by atoms with Crippen molar-refractivity contribution in [3.8, 4) is 22.8 Å². The summed E-state index contributed by atoms with van der Waals surface area (Å²) in [5, 5.41) is 7.87. The lowest BCUT2D eigenvalue weighted by Crippen LogP contribution is -2.29. The molecule has 4 heterocycles. The Morgan fingerprint density at radius 3 is 2.52 bits per heavy atom. The quantitative estimate of drug-likeness (QED) is 0.463. The maximum absolute atomic E-state index is 14.9. The van der Waals surface area contributed by atoms with Gasteiger partial charge in [0.15, 0.2) is 28.8 Å². The van der Waals surface area contributed by atoms with Crippen LogP contribution in [0.25, 0.3) is 22.4 Å². The number of halogens is 2. The molecule has 3 aromatic heterocycles. The van der Waals surface area contributed by atoms with Crippen LogP contribution in [0.4, 0.5) is 8.78 Å². The normalized spacial score (nSPS) is 14.7. The lowest BCUT2D eigenvalue weighted by molar-refractivity contribution is 0.343. The predicted octanol–water partition coefficient (Wildman–Crippen LogP) is 3.63. The molecule has 172 valence electrons. The van der Waals surface area contributed by atoms with Crippen LogP contribution in [0.3, 0.4) is 0 Å². The SMILES string of the molecule is COc1cc(OC)c(F)c(Cc2c[nH]c3ncc(-c4cnn(C5CCNCC5)c4)nc23)c1F. The van der Waals surface area contributed by atoms with E-state index in [1.54, 1.807) is 18.6 Å². The second-order valence-corrected chi connectivity index (χ2v) is 8.02. The van der Waals surface area contributed by atoms with E-state index < -0.39 is 11.6 Å². The van der Waals surface area contributed by atoms with E-state index >= 15 is 0 Å². The molecule has 1 fully saturated rings. The number of nitrogens with zero attached hydrogens (tertiary/aromatic N) is 4. The van der Waals surface area contributed by atoms with Gasteiger partial charge in [-0.05, 0) is 25.9 Å². The first-order valence-corrected chi connectivity index (χ1v) is 10.8. The number of rotatable bonds is 6. The van der Waals surface area contributed by atoms with Crippen molar-refractivity contribution in [1.29, 1.82) is 0 Å². The smallest absolute Gasteiger partial charge is 0.171 e. The van der Waals surface area contributed by atoms with E-state index in [-0.39, 0.29) is 23.5 Å². The predicted molar refractivity (Wildman–Crippen MR) is 119 cm³/mol. The number of methoxy groups -OCH3 is 2. The number of ether oxygens (including phenoxy) is 2. The summed E-state index contributed by atoms with van der Waals surface area (Å²) < 4.78 is 41.8. The van der Waals surface area contributed by atoms with Gasteiger partial charge in [0.2, 0.25) is 0 Å². The van der Waals surface area contributed by atoms with E-state index in [1.807, 2.05) is 10.9 Å². The lowest BCUT2D eigenvalue weighted by Gasteiger charge is -2.22. The molecule has 0 amide bonds. The largest absolute Gasteiger partial charge is 0.494 e. The number of aromatic nitrogens is 5. The highest BCUT2D eigenvalue weighted by Gasteiger charge is 2.22. The van der Waals surface area contributed by atoms with Gasteiger partial charge in [-0.25, -0.2) is 18.7 Å². The van der Waals surface area contributed by atoms with E-state index in [1.165, 1.54) is 20.3 Å². The number of piperidine rings is 1. The van der Waals surface area contributed by atoms with Crippen LogP contribution in [0, 0.1) is 11.6 Å². The summed E-state index contributed by atoms with van der Waals surface area (Å²) in [6.07, 6.45) is 9.09. The van der Waals surface area contributed by atoms with E-state index in [9.17, 15) is 8.78 Å². The van der Waals surface area contributed by atoms with Gasteiger partial charge in [-0.2, -0.15) is 5.10 Å². The maximum Gasteiger partial charge on any atom is 0.171 e.